The molecule has 0 aliphatic heterocycles. The van der Waals surface area contributed by atoms with Crippen LogP contribution in [0.4, 0.5) is 0 Å². The summed E-state index contributed by atoms with van der Waals surface area (Å²) in [7, 11) is 0. The van der Waals surface area contributed by atoms with Crippen LogP contribution < -0.4 is 5.32 Å². The Morgan fingerprint density at radius 3 is 2.53 bits per heavy atom. The van der Waals surface area contributed by atoms with Crippen LogP contribution in [0.2, 0.25) is 5.02 Å². The molecular weight excluding hydrogens is 266 g/mol. The number of aliphatic hydroxyl groups excluding tert-OH is 2. The third-order valence-electron chi connectivity index (χ3n) is 2.96. The van der Waals surface area contributed by atoms with Gasteiger partial charge < -0.3 is 15.5 Å². The van der Waals surface area contributed by atoms with Crippen LogP contribution in [0.3, 0.4) is 0 Å². The van der Waals surface area contributed by atoms with Crippen molar-refractivity contribution in [2.45, 2.75) is 32.5 Å². The maximum Gasteiger partial charge on any atom is 0.253 e. The number of carbonyl (C=O) groups is 1. The molecule has 3 N–H and O–H groups in total. The fraction of sp³-hybridized carbons (Fsp3) is 0.500. The third kappa shape index (κ3) is 4.82. The van der Waals surface area contributed by atoms with E-state index in [9.17, 15) is 15.0 Å². The SMILES string of the molecule is CC(C)C(O)CCNC(=O)[C@H](O)c1ccccc1Cl. The van der Waals surface area contributed by atoms with E-state index in [-0.39, 0.29) is 5.92 Å². The van der Waals surface area contributed by atoms with Gasteiger partial charge in [0.25, 0.3) is 5.91 Å². The number of aliphatic hydroxyl groups is 2. The molecule has 1 aromatic rings. The van der Waals surface area contributed by atoms with Crippen LogP contribution in [-0.4, -0.2) is 28.8 Å². The third-order valence-corrected chi connectivity index (χ3v) is 3.30. The van der Waals surface area contributed by atoms with Crippen molar-refractivity contribution in [3.8, 4) is 0 Å². The van der Waals surface area contributed by atoms with Crippen molar-refractivity contribution in [2.75, 3.05) is 6.54 Å². The maximum atomic E-state index is 11.7. The highest BCUT2D eigenvalue weighted by Gasteiger charge is 2.19. The predicted octanol–water partition coefficient (Wildman–Crippen LogP) is 1.90. The molecule has 0 aliphatic rings. The Kier molecular flexibility index (Phi) is 6.28. The Morgan fingerprint density at radius 1 is 1.32 bits per heavy atom. The zero-order chi connectivity index (χ0) is 14.4. The van der Waals surface area contributed by atoms with Gasteiger partial charge in [-0.15, -0.1) is 0 Å². The van der Waals surface area contributed by atoms with Crippen LogP contribution in [0.1, 0.15) is 31.9 Å². The number of amides is 1. The smallest absolute Gasteiger partial charge is 0.253 e. The quantitative estimate of drug-likeness (QED) is 0.748. The Labute approximate surface area is 118 Å². The molecule has 0 bridgehead atoms. The summed E-state index contributed by atoms with van der Waals surface area (Å²) in [6.45, 7) is 4.13. The fourth-order valence-corrected chi connectivity index (χ4v) is 1.85. The molecule has 1 amide bonds. The first-order valence-electron chi connectivity index (χ1n) is 6.31. The van der Waals surface area contributed by atoms with Gasteiger partial charge in [0.1, 0.15) is 0 Å². The Hall–Kier alpha value is -1.10. The minimum absolute atomic E-state index is 0.144. The van der Waals surface area contributed by atoms with E-state index < -0.39 is 18.1 Å². The molecule has 19 heavy (non-hydrogen) atoms. The number of nitrogens with one attached hydrogen (secondary N) is 1. The zero-order valence-electron chi connectivity index (χ0n) is 11.1. The second-order valence-electron chi connectivity index (χ2n) is 4.82. The average Bonchev–Trinajstić information content (AvgIpc) is 2.38. The fourth-order valence-electron chi connectivity index (χ4n) is 1.61. The summed E-state index contributed by atoms with van der Waals surface area (Å²) in [5, 5.41) is 22.4. The topological polar surface area (TPSA) is 69.6 Å². The Morgan fingerprint density at radius 2 is 1.95 bits per heavy atom. The minimum atomic E-state index is -1.29. The van der Waals surface area contributed by atoms with Crippen molar-refractivity contribution in [3.05, 3.63) is 34.9 Å². The Bertz CT molecular complexity index is 423. The van der Waals surface area contributed by atoms with Gasteiger partial charge in [-0.2, -0.15) is 0 Å². The molecule has 106 valence electrons. The molecule has 0 radical (unpaired) electrons. The molecule has 0 saturated heterocycles. The van der Waals surface area contributed by atoms with Crippen molar-refractivity contribution in [1.82, 2.24) is 5.32 Å². The second kappa shape index (κ2) is 7.48. The van der Waals surface area contributed by atoms with Gasteiger partial charge in [0.15, 0.2) is 6.10 Å². The van der Waals surface area contributed by atoms with Gasteiger partial charge in [0.2, 0.25) is 0 Å². The predicted molar refractivity (Wildman–Crippen MR) is 74.9 cm³/mol. The van der Waals surface area contributed by atoms with Gasteiger partial charge in [-0.05, 0) is 18.4 Å². The normalized spacial score (nSPS) is 14.2. The largest absolute Gasteiger partial charge is 0.393 e. The van der Waals surface area contributed by atoms with E-state index in [2.05, 4.69) is 5.32 Å². The molecule has 0 saturated carbocycles. The Balaban J connectivity index is 2.48. The second-order valence-corrected chi connectivity index (χ2v) is 5.22. The van der Waals surface area contributed by atoms with Crippen molar-refractivity contribution >= 4 is 17.5 Å². The summed E-state index contributed by atoms with van der Waals surface area (Å²) in [4.78, 5) is 11.7. The number of hydrogen-bond donors (Lipinski definition) is 3. The summed E-state index contributed by atoms with van der Waals surface area (Å²) in [6.07, 6.45) is -1.29. The monoisotopic (exact) mass is 285 g/mol. The van der Waals surface area contributed by atoms with Crippen LogP contribution in [0.5, 0.6) is 0 Å². The lowest BCUT2D eigenvalue weighted by Crippen LogP contribution is -2.32. The molecule has 0 spiro atoms. The molecule has 1 unspecified atom stereocenters. The lowest BCUT2D eigenvalue weighted by molar-refractivity contribution is -0.129. The highest BCUT2D eigenvalue weighted by molar-refractivity contribution is 6.31. The van der Waals surface area contributed by atoms with E-state index in [0.29, 0.717) is 23.6 Å². The number of benzene rings is 1. The van der Waals surface area contributed by atoms with Crippen LogP contribution >= 0.6 is 11.6 Å². The summed E-state index contributed by atoms with van der Waals surface area (Å²) in [5.41, 5.74) is 0.381. The highest BCUT2D eigenvalue weighted by atomic mass is 35.5. The number of halogens is 1. The minimum Gasteiger partial charge on any atom is -0.393 e. The van der Waals surface area contributed by atoms with E-state index >= 15 is 0 Å². The van der Waals surface area contributed by atoms with E-state index in [1.165, 1.54) is 0 Å². The first-order valence-corrected chi connectivity index (χ1v) is 6.69. The molecule has 1 rings (SSSR count). The lowest BCUT2D eigenvalue weighted by Gasteiger charge is -2.16. The highest BCUT2D eigenvalue weighted by Crippen LogP contribution is 2.22. The molecule has 5 heteroatoms. The maximum absolute atomic E-state index is 11.7. The summed E-state index contributed by atoms with van der Waals surface area (Å²) >= 11 is 5.91. The van der Waals surface area contributed by atoms with Gasteiger partial charge in [0, 0.05) is 17.1 Å². The molecule has 0 heterocycles. The lowest BCUT2D eigenvalue weighted by atomic mass is 10.0. The van der Waals surface area contributed by atoms with Crippen LogP contribution in [0.25, 0.3) is 0 Å². The van der Waals surface area contributed by atoms with Gasteiger partial charge in [0.05, 0.1) is 6.10 Å². The zero-order valence-corrected chi connectivity index (χ0v) is 11.9. The number of hydrogen-bond acceptors (Lipinski definition) is 3. The molecule has 1 aromatic carbocycles. The molecular formula is C14H20ClNO3. The summed E-state index contributed by atoms with van der Waals surface area (Å²) in [5.74, 6) is -0.366. The number of rotatable bonds is 6. The van der Waals surface area contributed by atoms with Crippen molar-refractivity contribution in [1.29, 1.82) is 0 Å². The van der Waals surface area contributed by atoms with Gasteiger partial charge in [-0.3, -0.25) is 4.79 Å². The van der Waals surface area contributed by atoms with Crippen LogP contribution in [-0.2, 0) is 4.79 Å². The van der Waals surface area contributed by atoms with Crippen molar-refractivity contribution in [3.63, 3.8) is 0 Å². The van der Waals surface area contributed by atoms with Gasteiger partial charge >= 0.3 is 0 Å². The molecule has 0 fully saturated rings. The van der Waals surface area contributed by atoms with Gasteiger partial charge in [-0.1, -0.05) is 43.6 Å². The van der Waals surface area contributed by atoms with Crippen molar-refractivity contribution in [2.24, 2.45) is 5.92 Å². The number of carbonyl (C=O) groups excluding carboxylic acids is 1. The average molecular weight is 286 g/mol. The standard InChI is InChI=1S/C14H20ClNO3/c1-9(2)12(17)7-8-16-14(19)13(18)10-5-3-4-6-11(10)15/h3-6,9,12-13,17-18H,7-8H2,1-2H3,(H,16,19)/t12?,13-/m1/s1. The summed E-state index contributed by atoms with van der Waals surface area (Å²) in [6, 6.07) is 6.67. The van der Waals surface area contributed by atoms with E-state index in [4.69, 9.17) is 11.6 Å². The van der Waals surface area contributed by atoms with E-state index in [0.717, 1.165) is 0 Å². The first-order chi connectivity index (χ1) is 8.93. The summed E-state index contributed by atoms with van der Waals surface area (Å²) < 4.78 is 0. The first kappa shape index (κ1) is 16.0. The van der Waals surface area contributed by atoms with Crippen molar-refractivity contribution < 1.29 is 15.0 Å². The molecule has 2 atom stereocenters. The van der Waals surface area contributed by atoms with Crippen LogP contribution in [0.15, 0.2) is 24.3 Å². The van der Waals surface area contributed by atoms with Gasteiger partial charge in [-0.25, -0.2) is 0 Å². The van der Waals surface area contributed by atoms with Crippen LogP contribution in [0, 0.1) is 5.92 Å². The molecule has 0 aliphatic carbocycles. The molecule has 0 aromatic heterocycles. The van der Waals surface area contributed by atoms with E-state index in [1.54, 1.807) is 24.3 Å². The molecule has 4 nitrogen and oxygen atoms in total. The van der Waals surface area contributed by atoms with E-state index in [1.807, 2.05) is 13.8 Å².